The van der Waals surface area contributed by atoms with Crippen LogP contribution in [0.2, 0.25) is 0 Å². The van der Waals surface area contributed by atoms with Crippen molar-refractivity contribution < 1.29 is 0 Å². The topological polar surface area (TPSA) is 0 Å². The molecule has 0 heteroatoms. The van der Waals surface area contributed by atoms with Crippen molar-refractivity contribution in [3.05, 3.63) is 47.5 Å². The van der Waals surface area contributed by atoms with E-state index in [1.165, 1.54) is 21.9 Å². The van der Waals surface area contributed by atoms with Crippen LogP contribution in [-0.2, 0) is 6.42 Å². The Hall–Kier alpha value is -1.30. The Labute approximate surface area is 100 Å². The summed E-state index contributed by atoms with van der Waals surface area (Å²) in [6.07, 6.45) is 1.11. The minimum Gasteiger partial charge on any atom is -0.0776 e. The molecule has 0 spiro atoms. The van der Waals surface area contributed by atoms with Crippen molar-refractivity contribution >= 4 is 10.8 Å². The van der Waals surface area contributed by atoms with E-state index in [1.54, 1.807) is 0 Å². The van der Waals surface area contributed by atoms with Crippen molar-refractivity contribution in [3.63, 3.8) is 0 Å². The van der Waals surface area contributed by atoms with Crippen LogP contribution in [0.1, 0.15) is 39.3 Å². The lowest BCUT2D eigenvalue weighted by Crippen LogP contribution is -1.81. The summed E-state index contributed by atoms with van der Waals surface area (Å²) in [6, 6.07) is 13.3. The molecule has 0 saturated heterocycles. The molecule has 2 rings (SSSR count). The third-order valence-corrected chi connectivity index (χ3v) is 2.47. The summed E-state index contributed by atoms with van der Waals surface area (Å²) in [5, 5.41) is 2.70. The number of aryl methyl sites for hydroxylation is 2. The molecule has 0 aliphatic carbocycles. The van der Waals surface area contributed by atoms with Gasteiger partial charge >= 0.3 is 0 Å². The second-order valence-electron chi connectivity index (χ2n) is 3.54. The van der Waals surface area contributed by atoms with E-state index in [4.69, 9.17) is 0 Å². The molecule has 0 amide bonds. The van der Waals surface area contributed by atoms with Crippen LogP contribution in [-0.4, -0.2) is 0 Å². The molecule has 0 N–H and O–H groups in total. The van der Waals surface area contributed by atoms with Gasteiger partial charge < -0.3 is 0 Å². The molecule has 88 valence electrons. The summed E-state index contributed by atoms with van der Waals surface area (Å²) < 4.78 is 0. The largest absolute Gasteiger partial charge is 0.0776 e. The van der Waals surface area contributed by atoms with Crippen molar-refractivity contribution in [3.8, 4) is 0 Å². The molecule has 0 aliphatic heterocycles. The Kier molecular flexibility index (Phi) is 6.48. The number of hydrogen-bond donors (Lipinski definition) is 0. The quantitative estimate of drug-likeness (QED) is 0.601. The SMILES string of the molecule is C.CC.CCc1ccc2ccc(C)cc2c1. The Morgan fingerprint density at radius 3 is 2.12 bits per heavy atom. The highest BCUT2D eigenvalue weighted by molar-refractivity contribution is 5.83. The minimum atomic E-state index is 0. The van der Waals surface area contributed by atoms with Gasteiger partial charge in [-0.25, -0.2) is 0 Å². The maximum atomic E-state index is 2.28. The zero-order chi connectivity index (χ0) is 11.3. The van der Waals surface area contributed by atoms with E-state index in [9.17, 15) is 0 Å². The highest BCUT2D eigenvalue weighted by atomic mass is 14.0. The second kappa shape index (κ2) is 7.05. The van der Waals surface area contributed by atoms with E-state index < -0.39 is 0 Å². The van der Waals surface area contributed by atoms with E-state index in [-0.39, 0.29) is 7.43 Å². The molecular formula is C16H24. The van der Waals surface area contributed by atoms with Crippen LogP contribution < -0.4 is 0 Å². The normalized spacial score (nSPS) is 9.00. The van der Waals surface area contributed by atoms with Crippen molar-refractivity contribution in [2.45, 2.75) is 41.5 Å². The van der Waals surface area contributed by atoms with E-state index in [2.05, 4.69) is 50.2 Å². The highest BCUT2D eigenvalue weighted by Gasteiger charge is 1.94. The zero-order valence-electron chi connectivity index (χ0n) is 10.2. The molecule has 16 heavy (non-hydrogen) atoms. The summed E-state index contributed by atoms with van der Waals surface area (Å²) >= 11 is 0. The van der Waals surface area contributed by atoms with Crippen LogP contribution in [0.25, 0.3) is 10.8 Å². The van der Waals surface area contributed by atoms with E-state index in [0.717, 1.165) is 6.42 Å². The fourth-order valence-electron chi connectivity index (χ4n) is 1.64. The van der Waals surface area contributed by atoms with Gasteiger partial charge in [0.2, 0.25) is 0 Å². The van der Waals surface area contributed by atoms with Gasteiger partial charge in [0.1, 0.15) is 0 Å². The van der Waals surface area contributed by atoms with Crippen molar-refractivity contribution in [1.29, 1.82) is 0 Å². The Morgan fingerprint density at radius 2 is 1.50 bits per heavy atom. The molecule has 0 bridgehead atoms. The summed E-state index contributed by atoms with van der Waals surface area (Å²) in [4.78, 5) is 0. The van der Waals surface area contributed by atoms with Gasteiger partial charge in [-0.05, 0) is 29.7 Å². The smallest absolute Gasteiger partial charge is 0.0179 e. The molecule has 0 aromatic heterocycles. The summed E-state index contributed by atoms with van der Waals surface area (Å²) in [5.74, 6) is 0. The van der Waals surface area contributed by atoms with Crippen molar-refractivity contribution in [1.82, 2.24) is 0 Å². The first-order chi connectivity index (χ1) is 7.29. The van der Waals surface area contributed by atoms with Crippen LogP contribution in [0.15, 0.2) is 36.4 Å². The monoisotopic (exact) mass is 216 g/mol. The number of fused-ring (bicyclic) bond motifs is 1. The molecule has 0 nitrogen and oxygen atoms in total. The molecule has 2 aromatic rings. The average molecular weight is 216 g/mol. The number of rotatable bonds is 1. The Bertz CT molecular complexity index is 427. The predicted octanol–water partition coefficient (Wildman–Crippen LogP) is 5.37. The van der Waals surface area contributed by atoms with Crippen LogP contribution >= 0.6 is 0 Å². The van der Waals surface area contributed by atoms with Gasteiger partial charge in [-0.2, -0.15) is 0 Å². The summed E-state index contributed by atoms with van der Waals surface area (Å²) in [5.41, 5.74) is 2.75. The van der Waals surface area contributed by atoms with E-state index >= 15 is 0 Å². The average Bonchev–Trinajstić information content (AvgIpc) is 2.30. The first-order valence-corrected chi connectivity index (χ1v) is 5.79. The van der Waals surface area contributed by atoms with Crippen LogP contribution in [0.5, 0.6) is 0 Å². The van der Waals surface area contributed by atoms with Gasteiger partial charge in [-0.1, -0.05) is 70.2 Å². The van der Waals surface area contributed by atoms with Gasteiger partial charge in [0.25, 0.3) is 0 Å². The standard InChI is InChI=1S/C13H14.C2H6.CH4/c1-3-11-5-7-12-6-4-10(2)8-13(12)9-11;1-2;/h4-9H,3H2,1-2H3;1-2H3;1H4. The number of hydrogen-bond acceptors (Lipinski definition) is 0. The molecular weight excluding hydrogens is 192 g/mol. The van der Waals surface area contributed by atoms with Crippen molar-refractivity contribution in [2.75, 3.05) is 0 Å². The summed E-state index contributed by atoms with van der Waals surface area (Å²) in [7, 11) is 0. The Balaban J connectivity index is 0.000000711. The molecule has 0 radical (unpaired) electrons. The Morgan fingerprint density at radius 1 is 0.875 bits per heavy atom. The third kappa shape index (κ3) is 3.37. The fraction of sp³-hybridized carbons (Fsp3) is 0.375. The first kappa shape index (κ1) is 14.7. The fourth-order valence-corrected chi connectivity index (χ4v) is 1.64. The lowest BCUT2D eigenvalue weighted by atomic mass is 10.0. The van der Waals surface area contributed by atoms with E-state index in [1.807, 2.05) is 13.8 Å². The zero-order valence-corrected chi connectivity index (χ0v) is 10.2. The van der Waals surface area contributed by atoms with E-state index in [0.29, 0.717) is 0 Å². The molecule has 0 heterocycles. The molecule has 0 atom stereocenters. The molecule has 0 saturated carbocycles. The molecule has 0 unspecified atom stereocenters. The molecule has 0 fully saturated rings. The van der Waals surface area contributed by atoms with Gasteiger partial charge in [0, 0.05) is 0 Å². The molecule has 0 aliphatic rings. The maximum Gasteiger partial charge on any atom is -0.0179 e. The van der Waals surface area contributed by atoms with Crippen molar-refractivity contribution in [2.24, 2.45) is 0 Å². The van der Waals surface area contributed by atoms with Crippen LogP contribution in [0, 0.1) is 6.92 Å². The lowest BCUT2D eigenvalue weighted by Gasteiger charge is -2.01. The minimum absolute atomic E-state index is 0. The van der Waals surface area contributed by atoms with Gasteiger partial charge in [0.15, 0.2) is 0 Å². The first-order valence-electron chi connectivity index (χ1n) is 5.79. The third-order valence-electron chi connectivity index (χ3n) is 2.47. The second-order valence-corrected chi connectivity index (χ2v) is 3.54. The summed E-state index contributed by atoms with van der Waals surface area (Å²) in [6.45, 7) is 8.33. The van der Waals surface area contributed by atoms with Gasteiger partial charge in [-0.3, -0.25) is 0 Å². The maximum absolute atomic E-state index is 2.28. The lowest BCUT2D eigenvalue weighted by molar-refractivity contribution is 1.15. The van der Waals surface area contributed by atoms with Gasteiger partial charge in [-0.15, -0.1) is 0 Å². The predicted molar refractivity (Wildman–Crippen MR) is 76.1 cm³/mol. The highest BCUT2D eigenvalue weighted by Crippen LogP contribution is 2.17. The van der Waals surface area contributed by atoms with Gasteiger partial charge in [0.05, 0.1) is 0 Å². The number of benzene rings is 2. The molecule has 2 aromatic carbocycles. The van der Waals surface area contributed by atoms with Crippen LogP contribution in [0.4, 0.5) is 0 Å². The van der Waals surface area contributed by atoms with Crippen LogP contribution in [0.3, 0.4) is 0 Å².